The van der Waals surface area contributed by atoms with Gasteiger partial charge in [0, 0.05) is 29.4 Å². The van der Waals surface area contributed by atoms with Crippen molar-refractivity contribution in [2.45, 2.75) is 11.1 Å². The van der Waals surface area contributed by atoms with Crippen molar-refractivity contribution in [3.8, 4) is 11.6 Å². The van der Waals surface area contributed by atoms with Gasteiger partial charge in [-0.05, 0) is 60.8 Å². The molecule has 2 aromatic carbocycles. The average molecular weight is 553 g/mol. The number of hydrogen-bond donors (Lipinski definition) is 4. The van der Waals surface area contributed by atoms with Gasteiger partial charge in [0.2, 0.25) is 5.88 Å². The third-order valence-electron chi connectivity index (χ3n) is 4.87. The number of urea groups is 1. The van der Waals surface area contributed by atoms with Crippen molar-refractivity contribution in [2.24, 2.45) is 0 Å². The summed E-state index contributed by atoms with van der Waals surface area (Å²) < 4.78 is 27.6. The number of nitrogens with one attached hydrogen (secondary N) is 3. The number of aromatic nitrogens is 1. The van der Waals surface area contributed by atoms with Gasteiger partial charge in [0.15, 0.2) is 0 Å². The molecule has 0 fully saturated rings. The number of anilines is 2. The maximum absolute atomic E-state index is 12.8. The van der Waals surface area contributed by atoms with Crippen LogP contribution in [0.4, 0.5) is 16.2 Å². The average Bonchev–Trinajstić information content (AvgIpc) is 3.22. The second-order valence-electron chi connectivity index (χ2n) is 7.26. The lowest BCUT2D eigenvalue weighted by molar-refractivity contribution is 0.256. The Labute approximate surface area is 214 Å². The van der Waals surface area contributed by atoms with Crippen LogP contribution in [-0.4, -0.2) is 30.7 Å². The molecule has 0 aliphatic heterocycles. The summed E-state index contributed by atoms with van der Waals surface area (Å²) in [5, 5.41) is 17.4. The maximum Gasteiger partial charge on any atom is 0.333 e. The highest BCUT2D eigenvalue weighted by Crippen LogP contribution is 2.31. The number of pyridine rings is 1. The molecular weight excluding hydrogens is 535 g/mol. The lowest BCUT2D eigenvalue weighted by Crippen LogP contribution is -2.33. The van der Waals surface area contributed by atoms with Crippen LogP contribution in [0.15, 0.2) is 63.6 Å². The van der Waals surface area contributed by atoms with Crippen LogP contribution < -0.4 is 20.9 Å². The van der Waals surface area contributed by atoms with Gasteiger partial charge in [0.25, 0.3) is 15.6 Å². The molecule has 2 aromatic heterocycles. The van der Waals surface area contributed by atoms with Crippen molar-refractivity contribution >= 4 is 72.7 Å². The summed E-state index contributed by atoms with van der Waals surface area (Å²) >= 11 is 12.9. The molecule has 0 atom stereocenters. The van der Waals surface area contributed by atoms with E-state index >= 15 is 0 Å². The van der Waals surface area contributed by atoms with E-state index in [0.717, 1.165) is 21.6 Å². The summed E-state index contributed by atoms with van der Waals surface area (Å²) in [4.78, 5) is 25.0. The Morgan fingerprint density at radius 2 is 1.80 bits per heavy atom. The lowest BCUT2D eigenvalue weighted by Gasteiger charge is -2.14. The second kappa shape index (κ2) is 9.78. The molecule has 0 radical (unpaired) electrons. The van der Waals surface area contributed by atoms with Crippen LogP contribution in [0.3, 0.4) is 0 Å². The number of sulfonamides is 1. The zero-order valence-corrected chi connectivity index (χ0v) is 21.1. The first kappa shape index (κ1) is 24.9. The number of benzene rings is 2. The quantitative estimate of drug-likeness (QED) is 0.266. The number of halogens is 2. The Balaban J connectivity index is 1.60. The van der Waals surface area contributed by atoms with Crippen LogP contribution >= 0.6 is 34.5 Å². The van der Waals surface area contributed by atoms with E-state index in [0.29, 0.717) is 17.3 Å². The minimum atomic E-state index is -4.10. The molecule has 13 heteroatoms. The van der Waals surface area contributed by atoms with Crippen LogP contribution in [0.25, 0.3) is 16.5 Å². The van der Waals surface area contributed by atoms with Gasteiger partial charge < -0.3 is 15.7 Å². The number of carbonyl (C=O) groups is 1. The van der Waals surface area contributed by atoms with Crippen LogP contribution in [0.1, 0.15) is 6.92 Å². The van der Waals surface area contributed by atoms with E-state index in [1.807, 2.05) is 11.6 Å². The van der Waals surface area contributed by atoms with Crippen LogP contribution in [-0.2, 0) is 10.0 Å². The van der Waals surface area contributed by atoms with Gasteiger partial charge in [-0.25, -0.2) is 22.5 Å². The van der Waals surface area contributed by atoms with Gasteiger partial charge in [-0.1, -0.05) is 23.2 Å². The second-order valence-corrected chi connectivity index (χ2v) is 11.3. The monoisotopic (exact) mass is 552 g/mol. The molecule has 0 aliphatic carbocycles. The van der Waals surface area contributed by atoms with E-state index in [2.05, 4.69) is 10.6 Å². The minimum Gasteiger partial charge on any atom is -0.494 e. The summed E-state index contributed by atoms with van der Waals surface area (Å²) in [5.74, 6) is -0.295. The van der Waals surface area contributed by atoms with Crippen molar-refractivity contribution in [1.29, 1.82) is 0 Å². The first-order valence-corrected chi connectivity index (χ1v) is 13.2. The van der Waals surface area contributed by atoms with E-state index < -0.39 is 21.6 Å². The molecule has 9 nitrogen and oxygen atoms in total. The van der Waals surface area contributed by atoms with Gasteiger partial charge in [0.1, 0.15) is 4.21 Å². The minimum absolute atomic E-state index is 0.0386. The zero-order valence-electron chi connectivity index (χ0n) is 18.0. The standard InChI is InChI=1S/C22H18Cl2N4O5S2/c1-2-25-13-3-5-15-12(9-13)10-19(29)28(21(15)30)17-6-4-14(11-16(17)23)26-22(31)27-35(32,33)20-8-7-18(24)34-20/h3-11,25,30H,2H2,1H3,(H2,26,27,31). The third-order valence-corrected chi connectivity index (χ3v) is 8.23. The molecule has 0 aliphatic rings. The third kappa shape index (κ3) is 5.22. The molecule has 0 bridgehead atoms. The molecule has 4 rings (SSSR count). The smallest absolute Gasteiger partial charge is 0.333 e. The van der Waals surface area contributed by atoms with E-state index in [9.17, 15) is 23.1 Å². The molecule has 182 valence electrons. The van der Waals surface area contributed by atoms with Crippen molar-refractivity contribution in [3.05, 3.63) is 74.3 Å². The summed E-state index contributed by atoms with van der Waals surface area (Å²) in [6.45, 7) is 2.65. The highest BCUT2D eigenvalue weighted by Gasteiger charge is 2.20. The molecule has 4 N–H and O–H groups in total. The van der Waals surface area contributed by atoms with Crippen molar-refractivity contribution in [1.82, 2.24) is 9.29 Å². The van der Waals surface area contributed by atoms with Crippen LogP contribution in [0.5, 0.6) is 5.88 Å². The first-order valence-electron chi connectivity index (χ1n) is 10.1. The van der Waals surface area contributed by atoms with Crippen LogP contribution in [0, 0.1) is 0 Å². The Morgan fingerprint density at radius 3 is 2.46 bits per heavy atom. The molecule has 0 unspecified atom stereocenters. The fourth-order valence-corrected chi connectivity index (χ4v) is 6.05. The number of amides is 2. The zero-order chi connectivity index (χ0) is 25.3. The maximum atomic E-state index is 12.8. The molecular formula is C22H18Cl2N4O5S2. The molecule has 0 saturated carbocycles. The van der Waals surface area contributed by atoms with E-state index in [-0.39, 0.29) is 30.8 Å². The number of hydrogen-bond acceptors (Lipinski definition) is 7. The van der Waals surface area contributed by atoms with Gasteiger partial charge in [0.05, 0.1) is 15.0 Å². The predicted octanol–water partition coefficient (Wildman–Crippen LogP) is 5.01. The Morgan fingerprint density at radius 1 is 1.06 bits per heavy atom. The fraction of sp³-hybridized carbons (Fsp3) is 0.0909. The highest BCUT2D eigenvalue weighted by molar-refractivity contribution is 7.92. The molecule has 4 aromatic rings. The number of thiophene rings is 1. The largest absolute Gasteiger partial charge is 0.494 e. The van der Waals surface area contributed by atoms with Gasteiger partial charge in [-0.2, -0.15) is 0 Å². The Bertz CT molecular complexity index is 1620. The normalized spacial score (nSPS) is 11.4. The molecule has 2 amide bonds. The van der Waals surface area contributed by atoms with Crippen molar-refractivity contribution in [3.63, 3.8) is 0 Å². The summed E-state index contributed by atoms with van der Waals surface area (Å²) in [6.07, 6.45) is 0. The predicted molar refractivity (Wildman–Crippen MR) is 139 cm³/mol. The Hall–Kier alpha value is -3.25. The summed E-state index contributed by atoms with van der Waals surface area (Å²) in [5.41, 5.74) is 0.648. The summed E-state index contributed by atoms with van der Waals surface area (Å²) in [7, 11) is -4.10. The van der Waals surface area contributed by atoms with E-state index in [1.165, 1.54) is 36.4 Å². The van der Waals surface area contributed by atoms with Gasteiger partial charge in [-0.15, -0.1) is 11.3 Å². The lowest BCUT2D eigenvalue weighted by atomic mass is 10.1. The summed E-state index contributed by atoms with van der Waals surface area (Å²) in [6, 6.07) is 12.5. The SMILES string of the molecule is CCNc1ccc2c(O)n(-c3ccc(NC(=O)NS(=O)(=O)c4ccc(Cl)s4)cc3Cl)c(=O)cc2c1. The first-order chi connectivity index (χ1) is 16.6. The van der Waals surface area contributed by atoms with Gasteiger partial charge in [-0.3, -0.25) is 4.79 Å². The van der Waals surface area contributed by atoms with Crippen molar-refractivity contribution in [2.75, 3.05) is 17.2 Å². The Kier molecular flexibility index (Phi) is 6.95. The molecule has 0 saturated heterocycles. The van der Waals surface area contributed by atoms with Crippen LogP contribution in [0.2, 0.25) is 9.36 Å². The topological polar surface area (TPSA) is 130 Å². The number of nitrogens with zero attached hydrogens (tertiary/aromatic N) is 1. The highest BCUT2D eigenvalue weighted by atomic mass is 35.5. The fourth-order valence-electron chi connectivity index (χ4n) is 3.39. The van der Waals surface area contributed by atoms with E-state index in [1.54, 1.807) is 18.2 Å². The number of rotatable bonds is 6. The number of fused-ring (bicyclic) bond motifs is 1. The van der Waals surface area contributed by atoms with E-state index in [4.69, 9.17) is 23.2 Å². The number of carbonyl (C=O) groups excluding carboxylic acids is 1. The molecule has 35 heavy (non-hydrogen) atoms. The molecule has 2 heterocycles. The van der Waals surface area contributed by atoms with Crippen molar-refractivity contribution < 1.29 is 18.3 Å². The number of aromatic hydroxyl groups is 1. The molecule has 0 spiro atoms. The van der Waals surface area contributed by atoms with Gasteiger partial charge >= 0.3 is 6.03 Å².